The molecular formula is C20H20F3N5O6. The van der Waals surface area contributed by atoms with Crippen LogP contribution in [-0.4, -0.2) is 47.3 Å². The van der Waals surface area contributed by atoms with Crippen LogP contribution in [0.3, 0.4) is 0 Å². The van der Waals surface area contributed by atoms with Crippen LogP contribution in [0.2, 0.25) is 0 Å². The molecule has 4 rings (SSSR count). The van der Waals surface area contributed by atoms with Gasteiger partial charge in [0.05, 0.1) is 11.0 Å². The lowest BCUT2D eigenvalue weighted by Gasteiger charge is -2.37. The lowest BCUT2D eigenvalue weighted by molar-refractivity contribution is -0.384. The van der Waals surface area contributed by atoms with Crippen LogP contribution in [0.1, 0.15) is 18.4 Å². The molecule has 0 bridgehead atoms. The number of nitrogen functional groups attached to an aromatic ring is 1. The van der Waals surface area contributed by atoms with Crippen LogP contribution in [-0.2, 0) is 11.3 Å². The Morgan fingerprint density at radius 3 is 2.74 bits per heavy atom. The Kier molecular flexibility index (Phi) is 5.98. The molecule has 0 unspecified atom stereocenters. The minimum Gasteiger partial charge on any atom is -0.489 e. The Balaban J connectivity index is 1.65. The van der Waals surface area contributed by atoms with E-state index in [-0.39, 0.29) is 36.0 Å². The van der Waals surface area contributed by atoms with E-state index in [4.69, 9.17) is 25.7 Å². The third kappa shape index (κ3) is 4.70. The van der Waals surface area contributed by atoms with Crippen molar-refractivity contribution in [3.8, 4) is 11.5 Å². The predicted molar refractivity (Wildman–Crippen MR) is 111 cm³/mol. The summed E-state index contributed by atoms with van der Waals surface area (Å²) in [5.74, 6) is -1.22. The zero-order chi connectivity index (χ0) is 24.6. The summed E-state index contributed by atoms with van der Waals surface area (Å²) in [5.41, 5.74) is 9.50. The van der Waals surface area contributed by atoms with Gasteiger partial charge in [0.25, 0.3) is 6.43 Å². The van der Waals surface area contributed by atoms with Gasteiger partial charge in [0.2, 0.25) is 5.82 Å². The molecule has 1 fully saturated rings. The molecule has 182 valence electrons. The van der Waals surface area contributed by atoms with E-state index in [9.17, 15) is 28.1 Å². The lowest BCUT2D eigenvalue weighted by atomic mass is 10.1. The first-order valence-corrected chi connectivity index (χ1v) is 10.1. The predicted octanol–water partition coefficient (Wildman–Crippen LogP) is 2.75. The van der Waals surface area contributed by atoms with Gasteiger partial charge in [0.1, 0.15) is 36.4 Å². The lowest BCUT2D eigenvalue weighted by Crippen LogP contribution is -2.47. The molecule has 1 aromatic heterocycles. The number of halogens is 3. The molecule has 11 nitrogen and oxygen atoms in total. The molecule has 2 aromatic rings. The Bertz CT molecular complexity index is 1130. The number of aromatic nitrogens is 1. The summed E-state index contributed by atoms with van der Waals surface area (Å²) in [4.78, 5) is 26.5. The van der Waals surface area contributed by atoms with E-state index in [0.29, 0.717) is 12.8 Å². The molecule has 1 aliphatic carbocycles. The highest BCUT2D eigenvalue weighted by molar-refractivity contribution is 5.67. The molecule has 14 heteroatoms. The van der Waals surface area contributed by atoms with E-state index in [2.05, 4.69) is 4.98 Å². The largest absolute Gasteiger partial charge is 0.489 e. The number of primary amides is 1. The fourth-order valence-electron chi connectivity index (χ4n) is 3.60. The number of pyridine rings is 1. The van der Waals surface area contributed by atoms with Crippen molar-refractivity contribution in [3.63, 3.8) is 0 Å². The van der Waals surface area contributed by atoms with Gasteiger partial charge in [-0.25, -0.2) is 22.9 Å². The number of nitrogens with zero attached hydrogens (tertiary/aromatic N) is 3. The number of anilines is 2. The molecule has 0 radical (unpaired) electrons. The second-order valence-corrected chi connectivity index (χ2v) is 7.96. The first-order chi connectivity index (χ1) is 16.1. The number of hydrogen-bond acceptors (Lipinski definition) is 9. The molecule has 0 spiro atoms. The second kappa shape index (κ2) is 8.76. The van der Waals surface area contributed by atoms with E-state index < -0.39 is 53.0 Å². The van der Waals surface area contributed by atoms with Crippen molar-refractivity contribution in [3.05, 3.63) is 45.8 Å². The number of ether oxygens (including phenoxy) is 3. The van der Waals surface area contributed by atoms with Gasteiger partial charge in [-0.15, -0.1) is 0 Å². The summed E-state index contributed by atoms with van der Waals surface area (Å²) in [6.45, 7) is -0.856. The van der Waals surface area contributed by atoms with Crippen molar-refractivity contribution in [1.82, 2.24) is 4.98 Å². The number of rotatable bonds is 8. The average Bonchev–Trinajstić information content (AvgIpc) is 3.51. The van der Waals surface area contributed by atoms with Crippen molar-refractivity contribution in [2.75, 3.05) is 23.8 Å². The first-order valence-electron chi connectivity index (χ1n) is 10.1. The average molecular weight is 483 g/mol. The Morgan fingerprint density at radius 1 is 1.38 bits per heavy atom. The molecule has 2 heterocycles. The molecule has 1 saturated carbocycles. The van der Waals surface area contributed by atoms with Crippen LogP contribution in [0.4, 0.5) is 35.3 Å². The maximum absolute atomic E-state index is 14.1. The quantitative estimate of drug-likeness (QED) is 0.426. The molecule has 0 saturated heterocycles. The van der Waals surface area contributed by atoms with Crippen molar-refractivity contribution >= 4 is 23.4 Å². The molecule has 1 amide bonds. The van der Waals surface area contributed by atoms with Gasteiger partial charge in [-0.05, 0) is 31.0 Å². The van der Waals surface area contributed by atoms with E-state index in [1.54, 1.807) is 0 Å². The Labute approximate surface area is 190 Å². The summed E-state index contributed by atoms with van der Waals surface area (Å²) in [5, 5.41) is 11.2. The minimum absolute atomic E-state index is 0.0655. The first kappa shape index (κ1) is 23.2. The van der Waals surface area contributed by atoms with Crippen molar-refractivity contribution in [1.29, 1.82) is 0 Å². The standard InChI is InChI=1S/C20H20F3N5O6/c21-11-1-2-14(33-9-20(3-4-20)34-19(25)29)10(5-11)7-27-13(16(22)23)8-32-15-6-12(28(30)31)17(24)26-18(15)27/h1-2,5-6,13,16H,3-4,7-9H2,(H2,24,26)(H2,25,29)/t13-/m0/s1. The van der Waals surface area contributed by atoms with Gasteiger partial charge in [0, 0.05) is 12.1 Å². The Hall–Kier alpha value is -3.97. The summed E-state index contributed by atoms with van der Waals surface area (Å²) in [7, 11) is 0. The van der Waals surface area contributed by atoms with Crippen LogP contribution in [0.5, 0.6) is 11.5 Å². The van der Waals surface area contributed by atoms with Gasteiger partial charge >= 0.3 is 11.8 Å². The minimum atomic E-state index is -2.89. The smallest absolute Gasteiger partial charge is 0.405 e. The summed E-state index contributed by atoms with van der Waals surface area (Å²) >= 11 is 0. The van der Waals surface area contributed by atoms with E-state index >= 15 is 0 Å². The van der Waals surface area contributed by atoms with Crippen LogP contribution >= 0.6 is 0 Å². The van der Waals surface area contributed by atoms with Gasteiger partial charge in [-0.3, -0.25) is 10.1 Å². The van der Waals surface area contributed by atoms with Gasteiger partial charge in [-0.2, -0.15) is 0 Å². The van der Waals surface area contributed by atoms with Crippen LogP contribution < -0.4 is 25.8 Å². The number of alkyl halides is 2. The number of carbonyl (C=O) groups is 1. The monoisotopic (exact) mass is 483 g/mol. The van der Waals surface area contributed by atoms with E-state index in [0.717, 1.165) is 23.1 Å². The number of carbonyl (C=O) groups excluding carboxylic acids is 1. The summed E-state index contributed by atoms with van der Waals surface area (Å²) in [6, 6.07) is 3.07. The highest BCUT2D eigenvalue weighted by Crippen LogP contribution is 2.42. The fraction of sp³-hybridized carbons (Fsp3) is 0.400. The van der Waals surface area contributed by atoms with Gasteiger partial charge in [-0.1, -0.05) is 0 Å². The van der Waals surface area contributed by atoms with Crippen LogP contribution in [0.15, 0.2) is 24.3 Å². The maximum Gasteiger partial charge on any atom is 0.405 e. The summed E-state index contributed by atoms with van der Waals surface area (Å²) < 4.78 is 57.8. The fourth-order valence-corrected chi connectivity index (χ4v) is 3.60. The zero-order valence-electron chi connectivity index (χ0n) is 17.6. The molecule has 2 aliphatic rings. The Morgan fingerprint density at radius 2 is 2.12 bits per heavy atom. The number of hydrogen-bond donors (Lipinski definition) is 2. The SMILES string of the molecule is NC(=O)OC1(COc2ccc(F)cc2CN2c3nc(N)c([N+](=O)[O-])cc3OC[C@H]2C(F)F)CC1. The molecule has 1 atom stereocenters. The van der Waals surface area contributed by atoms with Crippen molar-refractivity contribution in [2.24, 2.45) is 5.73 Å². The zero-order valence-corrected chi connectivity index (χ0v) is 17.6. The molecule has 4 N–H and O–H groups in total. The number of amides is 1. The second-order valence-electron chi connectivity index (χ2n) is 7.96. The van der Waals surface area contributed by atoms with Gasteiger partial charge in [0.15, 0.2) is 11.6 Å². The molecular weight excluding hydrogens is 463 g/mol. The van der Waals surface area contributed by atoms with E-state index in [1.807, 2.05) is 0 Å². The molecule has 1 aliphatic heterocycles. The van der Waals surface area contributed by atoms with Gasteiger partial charge < -0.3 is 30.6 Å². The normalized spacial score (nSPS) is 18.1. The molecule has 1 aromatic carbocycles. The third-order valence-corrected chi connectivity index (χ3v) is 5.53. The number of fused-ring (bicyclic) bond motifs is 1. The highest BCUT2D eigenvalue weighted by atomic mass is 19.3. The van der Waals surface area contributed by atoms with Crippen molar-refractivity contribution in [2.45, 2.75) is 37.5 Å². The number of nitrogens with two attached hydrogens (primary N) is 2. The number of nitro groups is 1. The molecule has 34 heavy (non-hydrogen) atoms. The maximum atomic E-state index is 14.1. The number of benzene rings is 1. The van der Waals surface area contributed by atoms with Crippen molar-refractivity contribution < 1.29 is 37.1 Å². The topological polar surface area (TPSA) is 156 Å². The van der Waals surface area contributed by atoms with Crippen LogP contribution in [0, 0.1) is 15.9 Å². The highest BCUT2D eigenvalue weighted by Gasteiger charge is 2.48. The summed E-state index contributed by atoms with van der Waals surface area (Å²) in [6.07, 6.45) is -2.79. The van der Waals surface area contributed by atoms with Crippen LogP contribution in [0.25, 0.3) is 0 Å². The van der Waals surface area contributed by atoms with E-state index in [1.165, 1.54) is 6.07 Å². The third-order valence-electron chi connectivity index (χ3n) is 5.53.